The van der Waals surface area contributed by atoms with Crippen molar-refractivity contribution in [2.45, 2.75) is 31.7 Å². The third kappa shape index (κ3) is 5.23. The molecule has 31 heavy (non-hydrogen) atoms. The van der Waals surface area contributed by atoms with Crippen LogP contribution < -0.4 is 9.47 Å². The molecule has 0 spiro atoms. The molecule has 1 amide bonds. The Bertz CT molecular complexity index is 1000. The van der Waals surface area contributed by atoms with Crippen molar-refractivity contribution < 1.29 is 23.1 Å². The van der Waals surface area contributed by atoms with Gasteiger partial charge in [-0.1, -0.05) is 12.1 Å². The standard InChI is InChI=1S/C24H25FN2O4/c1-29-19-9-11-20(12-10-19)30-16-23(28)27-13-3-2-4-22(27)24-26-15-21(31-24)14-17-5-7-18(25)8-6-17/h5-12,15,22H,2-4,13-14,16H2,1H3. The minimum atomic E-state index is -0.268. The Labute approximate surface area is 180 Å². The molecule has 2 heterocycles. The van der Waals surface area contributed by atoms with Gasteiger partial charge in [0, 0.05) is 13.0 Å². The average Bonchev–Trinajstić information content (AvgIpc) is 3.27. The molecule has 1 aliphatic heterocycles. The van der Waals surface area contributed by atoms with Gasteiger partial charge in [0.05, 0.1) is 13.3 Å². The molecule has 0 saturated carbocycles. The highest BCUT2D eigenvalue weighted by Crippen LogP contribution is 2.31. The van der Waals surface area contributed by atoms with Gasteiger partial charge in [-0.2, -0.15) is 0 Å². The highest BCUT2D eigenvalue weighted by Gasteiger charge is 2.31. The molecule has 0 radical (unpaired) electrons. The number of aromatic nitrogens is 1. The number of methoxy groups -OCH3 is 1. The zero-order chi connectivity index (χ0) is 21.6. The molecule has 6 nitrogen and oxygen atoms in total. The van der Waals surface area contributed by atoms with E-state index in [4.69, 9.17) is 13.9 Å². The molecule has 3 aromatic rings. The highest BCUT2D eigenvalue weighted by atomic mass is 19.1. The van der Waals surface area contributed by atoms with Crippen molar-refractivity contribution in [2.75, 3.05) is 20.3 Å². The van der Waals surface area contributed by atoms with Crippen LogP contribution in [0.4, 0.5) is 4.39 Å². The minimum absolute atomic E-state index is 0.0496. The van der Waals surface area contributed by atoms with Crippen LogP contribution in [0.5, 0.6) is 11.5 Å². The first kappa shape index (κ1) is 20.9. The molecule has 0 N–H and O–H groups in total. The van der Waals surface area contributed by atoms with Gasteiger partial charge in [0.1, 0.15) is 29.1 Å². The van der Waals surface area contributed by atoms with E-state index in [0.717, 1.165) is 30.6 Å². The molecule has 1 atom stereocenters. The van der Waals surface area contributed by atoms with Crippen LogP contribution in [0.25, 0.3) is 0 Å². The van der Waals surface area contributed by atoms with E-state index in [0.29, 0.717) is 30.4 Å². The molecule has 1 unspecified atom stereocenters. The molecule has 0 aliphatic carbocycles. The van der Waals surface area contributed by atoms with E-state index in [-0.39, 0.29) is 24.4 Å². The largest absolute Gasteiger partial charge is 0.497 e. The summed E-state index contributed by atoms with van der Waals surface area (Å²) in [4.78, 5) is 19.1. The summed E-state index contributed by atoms with van der Waals surface area (Å²) in [6, 6.07) is 13.2. The molecule has 4 rings (SSSR count). The Morgan fingerprint density at radius 2 is 1.87 bits per heavy atom. The fraction of sp³-hybridized carbons (Fsp3) is 0.333. The van der Waals surface area contributed by atoms with Gasteiger partial charge in [-0.25, -0.2) is 9.37 Å². The van der Waals surface area contributed by atoms with E-state index >= 15 is 0 Å². The molecule has 7 heteroatoms. The van der Waals surface area contributed by atoms with Crippen LogP contribution in [0, 0.1) is 5.82 Å². The Morgan fingerprint density at radius 3 is 2.61 bits per heavy atom. The van der Waals surface area contributed by atoms with Crippen LogP contribution in [0.2, 0.25) is 0 Å². The number of benzene rings is 2. The minimum Gasteiger partial charge on any atom is -0.497 e. The Hall–Kier alpha value is -3.35. The molecule has 1 aliphatic rings. The zero-order valence-corrected chi connectivity index (χ0v) is 17.4. The summed E-state index contributed by atoms with van der Waals surface area (Å²) >= 11 is 0. The number of halogens is 1. The summed E-state index contributed by atoms with van der Waals surface area (Å²) in [5, 5.41) is 0. The van der Waals surface area contributed by atoms with Crippen LogP contribution in [0.3, 0.4) is 0 Å². The molecular formula is C24H25FN2O4. The van der Waals surface area contributed by atoms with Crippen molar-refractivity contribution in [1.29, 1.82) is 0 Å². The third-order valence-corrected chi connectivity index (χ3v) is 5.39. The maximum atomic E-state index is 13.1. The number of carbonyl (C=O) groups excluding carboxylic acids is 1. The van der Waals surface area contributed by atoms with Crippen molar-refractivity contribution in [2.24, 2.45) is 0 Å². The van der Waals surface area contributed by atoms with Crippen LogP contribution in [-0.4, -0.2) is 36.1 Å². The molecule has 0 bridgehead atoms. The number of amides is 1. The Morgan fingerprint density at radius 1 is 1.13 bits per heavy atom. The predicted octanol–water partition coefficient (Wildman–Crippen LogP) is 4.55. The lowest BCUT2D eigenvalue weighted by atomic mass is 10.0. The van der Waals surface area contributed by atoms with E-state index in [9.17, 15) is 9.18 Å². The quantitative estimate of drug-likeness (QED) is 0.557. The molecule has 1 saturated heterocycles. The summed E-state index contributed by atoms with van der Waals surface area (Å²) in [5.41, 5.74) is 0.938. The van der Waals surface area contributed by atoms with Crippen LogP contribution in [-0.2, 0) is 11.2 Å². The summed E-state index contributed by atoms with van der Waals surface area (Å²) in [5.74, 6) is 2.20. The molecule has 2 aromatic carbocycles. The van der Waals surface area contributed by atoms with Crippen LogP contribution >= 0.6 is 0 Å². The van der Waals surface area contributed by atoms with Gasteiger partial charge in [0.2, 0.25) is 5.89 Å². The van der Waals surface area contributed by atoms with E-state index in [1.807, 2.05) is 0 Å². The highest BCUT2D eigenvalue weighted by molar-refractivity contribution is 5.78. The van der Waals surface area contributed by atoms with Crippen LogP contribution in [0.1, 0.15) is 42.5 Å². The number of nitrogens with zero attached hydrogens (tertiary/aromatic N) is 2. The van der Waals surface area contributed by atoms with Crippen molar-refractivity contribution in [1.82, 2.24) is 9.88 Å². The van der Waals surface area contributed by atoms with Gasteiger partial charge in [-0.05, 0) is 61.2 Å². The Kier molecular flexibility index (Phi) is 6.50. The number of ether oxygens (including phenoxy) is 2. The predicted molar refractivity (Wildman–Crippen MR) is 113 cm³/mol. The monoisotopic (exact) mass is 424 g/mol. The first-order valence-electron chi connectivity index (χ1n) is 10.4. The van der Waals surface area contributed by atoms with E-state index < -0.39 is 0 Å². The second kappa shape index (κ2) is 9.64. The number of oxazole rings is 1. The number of piperidine rings is 1. The van der Waals surface area contributed by atoms with Crippen LogP contribution in [0.15, 0.2) is 59.1 Å². The lowest BCUT2D eigenvalue weighted by molar-refractivity contribution is -0.137. The maximum absolute atomic E-state index is 13.1. The summed E-state index contributed by atoms with van der Waals surface area (Å²) in [6.07, 6.45) is 4.94. The average molecular weight is 424 g/mol. The van der Waals surface area contributed by atoms with E-state index in [2.05, 4.69) is 4.98 Å². The Balaban J connectivity index is 1.40. The van der Waals surface area contributed by atoms with Crippen molar-refractivity contribution in [3.8, 4) is 11.5 Å². The summed E-state index contributed by atoms with van der Waals surface area (Å²) in [7, 11) is 1.60. The lowest BCUT2D eigenvalue weighted by Gasteiger charge is -2.33. The zero-order valence-electron chi connectivity index (χ0n) is 17.4. The fourth-order valence-electron chi connectivity index (χ4n) is 3.75. The normalized spacial score (nSPS) is 16.2. The SMILES string of the molecule is COc1ccc(OCC(=O)N2CCCCC2c2ncc(Cc3ccc(F)cc3)o2)cc1. The second-order valence-electron chi connectivity index (χ2n) is 7.53. The van der Waals surface area contributed by atoms with Gasteiger partial charge in [-0.15, -0.1) is 0 Å². The van der Waals surface area contributed by atoms with Crippen molar-refractivity contribution in [3.63, 3.8) is 0 Å². The lowest BCUT2D eigenvalue weighted by Crippen LogP contribution is -2.41. The number of hydrogen-bond donors (Lipinski definition) is 0. The summed E-state index contributed by atoms with van der Waals surface area (Å²) < 4.78 is 29.9. The maximum Gasteiger partial charge on any atom is 0.261 e. The number of carbonyl (C=O) groups is 1. The fourth-order valence-corrected chi connectivity index (χ4v) is 3.75. The topological polar surface area (TPSA) is 64.8 Å². The van der Waals surface area contributed by atoms with Crippen molar-refractivity contribution >= 4 is 5.91 Å². The summed E-state index contributed by atoms with van der Waals surface area (Å²) in [6.45, 7) is 0.594. The number of rotatable bonds is 7. The molecule has 1 fully saturated rings. The third-order valence-electron chi connectivity index (χ3n) is 5.39. The van der Waals surface area contributed by atoms with Gasteiger partial charge >= 0.3 is 0 Å². The van der Waals surface area contributed by atoms with E-state index in [1.54, 1.807) is 54.6 Å². The first-order valence-corrected chi connectivity index (χ1v) is 10.4. The van der Waals surface area contributed by atoms with Gasteiger partial charge in [0.25, 0.3) is 5.91 Å². The van der Waals surface area contributed by atoms with Gasteiger partial charge in [-0.3, -0.25) is 4.79 Å². The number of hydrogen-bond acceptors (Lipinski definition) is 5. The molecule has 162 valence electrons. The first-order chi connectivity index (χ1) is 15.1. The number of likely N-dealkylation sites (tertiary alicyclic amines) is 1. The van der Waals surface area contributed by atoms with Gasteiger partial charge in [0.15, 0.2) is 6.61 Å². The smallest absolute Gasteiger partial charge is 0.261 e. The van der Waals surface area contributed by atoms with Crippen molar-refractivity contribution in [3.05, 3.63) is 77.8 Å². The molecular weight excluding hydrogens is 399 g/mol. The van der Waals surface area contributed by atoms with E-state index in [1.165, 1.54) is 12.1 Å². The second-order valence-corrected chi connectivity index (χ2v) is 7.53. The molecule has 1 aromatic heterocycles. The van der Waals surface area contributed by atoms with Gasteiger partial charge < -0.3 is 18.8 Å².